The van der Waals surface area contributed by atoms with Crippen LogP contribution in [0.2, 0.25) is 0 Å². The van der Waals surface area contributed by atoms with Crippen LogP contribution in [0.1, 0.15) is 46.5 Å². The van der Waals surface area contributed by atoms with Crippen LogP contribution in [0.5, 0.6) is 0 Å². The number of Topliss-reactive ketones (excluding diaryl/α,β-unsaturated/α-hetero) is 1. The van der Waals surface area contributed by atoms with E-state index in [-0.39, 0.29) is 0 Å². The Morgan fingerprint density at radius 3 is 2.60 bits per heavy atom. The van der Waals surface area contributed by atoms with Gasteiger partial charge in [0.1, 0.15) is 5.78 Å². The van der Waals surface area contributed by atoms with Crippen molar-refractivity contribution >= 4 is 17.5 Å². The third-order valence-corrected chi connectivity index (χ3v) is 4.30. The number of ketones is 1. The first-order chi connectivity index (χ1) is 6.95. The van der Waals surface area contributed by atoms with Crippen molar-refractivity contribution in [2.45, 2.75) is 46.5 Å². The molecule has 15 heavy (non-hydrogen) atoms. The first kappa shape index (κ1) is 13.1. The molecule has 1 saturated carbocycles. The topological polar surface area (TPSA) is 17.1 Å². The second kappa shape index (κ2) is 5.38. The zero-order chi connectivity index (χ0) is 11.5. The highest BCUT2D eigenvalue weighted by molar-refractivity contribution is 7.98. The maximum absolute atomic E-state index is 11.8. The minimum atomic E-state index is 0.357. The average Bonchev–Trinajstić information content (AvgIpc) is 2.15. The highest BCUT2D eigenvalue weighted by atomic mass is 32.2. The number of hydrogen-bond donors (Lipinski definition) is 0. The number of rotatable bonds is 3. The van der Waals surface area contributed by atoms with Crippen LogP contribution < -0.4 is 0 Å². The molecule has 0 radical (unpaired) electrons. The molecular formula is C13H24OS. The Balaban J connectivity index is 2.52. The quantitative estimate of drug-likeness (QED) is 0.731. The maximum atomic E-state index is 11.8. The van der Waals surface area contributed by atoms with Crippen molar-refractivity contribution in [3.63, 3.8) is 0 Å². The standard InChI is InChI=1S/C13H24OS/c1-13(2,3)11-5-6-12(14)10(9-11)7-8-15-4/h10-11H,5-9H2,1-4H3. The molecule has 1 aliphatic carbocycles. The van der Waals surface area contributed by atoms with Crippen molar-refractivity contribution in [1.29, 1.82) is 0 Å². The highest BCUT2D eigenvalue weighted by Crippen LogP contribution is 2.39. The summed E-state index contributed by atoms with van der Waals surface area (Å²) >= 11 is 1.85. The molecule has 2 heteroatoms. The summed E-state index contributed by atoms with van der Waals surface area (Å²) in [6, 6.07) is 0. The second-order valence-electron chi connectivity index (χ2n) is 5.78. The Hall–Kier alpha value is 0.0200. The summed E-state index contributed by atoms with van der Waals surface area (Å²) in [5, 5.41) is 0. The van der Waals surface area contributed by atoms with Gasteiger partial charge in [0.2, 0.25) is 0 Å². The fraction of sp³-hybridized carbons (Fsp3) is 0.923. The molecule has 0 amide bonds. The van der Waals surface area contributed by atoms with Crippen LogP contribution >= 0.6 is 11.8 Å². The normalized spacial score (nSPS) is 28.1. The van der Waals surface area contributed by atoms with Crippen LogP contribution in [0.25, 0.3) is 0 Å². The van der Waals surface area contributed by atoms with Gasteiger partial charge in [0, 0.05) is 12.3 Å². The predicted molar refractivity (Wildman–Crippen MR) is 68.3 cm³/mol. The summed E-state index contributed by atoms with van der Waals surface area (Å²) in [7, 11) is 0. The molecule has 1 fully saturated rings. The molecule has 0 heterocycles. The number of carbonyl (C=O) groups is 1. The molecule has 2 atom stereocenters. The van der Waals surface area contributed by atoms with Gasteiger partial charge in [-0.3, -0.25) is 4.79 Å². The smallest absolute Gasteiger partial charge is 0.136 e. The van der Waals surface area contributed by atoms with Crippen molar-refractivity contribution in [3.05, 3.63) is 0 Å². The van der Waals surface area contributed by atoms with Crippen LogP contribution in [-0.2, 0) is 4.79 Å². The second-order valence-corrected chi connectivity index (χ2v) is 6.77. The van der Waals surface area contributed by atoms with E-state index < -0.39 is 0 Å². The van der Waals surface area contributed by atoms with Gasteiger partial charge >= 0.3 is 0 Å². The molecule has 0 saturated heterocycles. The van der Waals surface area contributed by atoms with Crippen LogP contribution in [0.15, 0.2) is 0 Å². The SMILES string of the molecule is CSCCC1CC(C(C)(C)C)CCC1=O. The molecule has 0 aliphatic heterocycles. The lowest BCUT2D eigenvalue weighted by Crippen LogP contribution is -2.32. The van der Waals surface area contributed by atoms with Crippen molar-refractivity contribution in [1.82, 2.24) is 0 Å². The first-order valence-electron chi connectivity index (χ1n) is 5.96. The van der Waals surface area contributed by atoms with E-state index in [0.717, 1.165) is 37.4 Å². The number of thioether (sulfide) groups is 1. The molecule has 0 bridgehead atoms. The molecule has 1 nitrogen and oxygen atoms in total. The Morgan fingerprint density at radius 2 is 2.07 bits per heavy atom. The highest BCUT2D eigenvalue weighted by Gasteiger charge is 2.34. The molecule has 0 aromatic carbocycles. The Bertz CT molecular complexity index is 217. The fourth-order valence-electron chi connectivity index (χ4n) is 2.44. The van der Waals surface area contributed by atoms with Crippen molar-refractivity contribution < 1.29 is 4.79 Å². The van der Waals surface area contributed by atoms with E-state index in [1.165, 1.54) is 0 Å². The summed E-state index contributed by atoms with van der Waals surface area (Å²) in [6.07, 6.45) is 6.27. The summed E-state index contributed by atoms with van der Waals surface area (Å²) in [6.45, 7) is 6.91. The van der Waals surface area contributed by atoms with E-state index in [9.17, 15) is 4.79 Å². The van der Waals surface area contributed by atoms with Gasteiger partial charge in [-0.2, -0.15) is 11.8 Å². The largest absolute Gasteiger partial charge is 0.299 e. The van der Waals surface area contributed by atoms with Crippen molar-refractivity contribution in [2.75, 3.05) is 12.0 Å². The molecule has 0 spiro atoms. The zero-order valence-electron chi connectivity index (χ0n) is 10.5. The van der Waals surface area contributed by atoms with E-state index in [1.54, 1.807) is 0 Å². The average molecular weight is 228 g/mol. The Labute approximate surface area is 98.4 Å². The Morgan fingerprint density at radius 1 is 1.40 bits per heavy atom. The third-order valence-electron chi connectivity index (χ3n) is 3.66. The lowest BCUT2D eigenvalue weighted by atomic mass is 9.68. The minimum Gasteiger partial charge on any atom is -0.299 e. The number of hydrogen-bond acceptors (Lipinski definition) is 2. The van der Waals surface area contributed by atoms with Crippen LogP contribution in [0, 0.1) is 17.3 Å². The van der Waals surface area contributed by atoms with Gasteiger partial charge in [0.25, 0.3) is 0 Å². The van der Waals surface area contributed by atoms with E-state index in [0.29, 0.717) is 17.1 Å². The predicted octanol–water partition coefficient (Wildman–Crippen LogP) is 3.77. The van der Waals surface area contributed by atoms with Crippen molar-refractivity contribution in [3.8, 4) is 0 Å². The Kier molecular flexibility index (Phi) is 4.69. The van der Waals surface area contributed by atoms with Crippen LogP contribution in [0.3, 0.4) is 0 Å². The minimum absolute atomic E-state index is 0.357. The fourth-order valence-corrected chi connectivity index (χ4v) is 2.96. The van der Waals surface area contributed by atoms with Crippen LogP contribution in [-0.4, -0.2) is 17.8 Å². The van der Waals surface area contributed by atoms with E-state index in [4.69, 9.17) is 0 Å². The molecule has 0 N–H and O–H groups in total. The molecule has 88 valence electrons. The summed E-state index contributed by atoms with van der Waals surface area (Å²) in [4.78, 5) is 11.8. The molecule has 0 aromatic rings. The molecular weight excluding hydrogens is 204 g/mol. The van der Waals surface area contributed by atoms with Gasteiger partial charge < -0.3 is 0 Å². The monoisotopic (exact) mass is 228 g/mol. The maximum Gasteiger partial charge on any atom is 0.136 e. The van der Waals surface area contributed by atoms with Gasteiger partial charge in [-0.1, -0.05) is 20.8 Å². The van der Waals surface area contributed by atoms with Crippen molar-refractivity contribution in [2.24, 2.45) is 17.3 Å². The molecule has 1 aliphatic rings. The van der Waals surface area contributed by atoms with Gasteiger partial charge in [-0.05, 0) is 42.6 Å². The zero-order valence-corrected chi connectivity index (χ0v) is 11.3. The third kappa shape index (κ3) is 3.82. The molecule has 0 aromatic heterocycles. The van der Waals surface area contributed by atoms with Gasteiger partial charge in [-0.15, -0.1) is 0 Å². The van der Waals surface area contributed by atoms with Gasteiger partial charge in [0.15, 0.2) is 0 Å². The lowest BCUT2D eigenvalue weighted by Gasteiger charge is -2.37. The first-order valence-corrected chi connectivity index (χ1v) is 7.36. The molecule has 1 rings (SSSR count). The van der Waals surface area contributed by atoms with Gasteiger partial charge in [0.05, 0.1) is 0 Å². The van der Waals surface area contributed by atoms with E-state index >= 15 is 0 Å². The summed E-state index contributed by atoms with van der Waals surface area (Å²) < 4.78 is 0. The lowest BCUT2D eigenvalue weighted by molar-refractivity contribution is -0.126. The summed E-state index contributed by atoms with van der Waals surface area (Å²) in [5.74, 6) is 2.75. The van der Waals surface area contributed by atoms with E-state index in [2.05, 4.69) is 27.0 Å². The van der Waals surface area contributed by atoms with Crippen LogP contribution in [0.4, 0.5) is 0 Å². The summed E-state index contributed by atoms with van der Waals surface area (Å²) in [5.41, 5.74) is 0.373. The van der Waals surface area contributed by atoms with Gasteiger partial charge in [-0.25, -0.2) is 0 Å². The molecule has 2 unspecified atom stereocenters. The van der Waals surface area contributed by atoms with E-state index in [1.807, 2.05) is 11.8 Å². The number of carbonyl (C=O) groups excluding carboxylic acids is 1.